The predicted molar refractivity (Wildman–Crippen MR) is 62.2 cm³/mol. The van der Waals surface area contributed by atoms with Crippen LogP contribution in [0, 0.1) is 13.8 Å². The van der Waals surface area contributed by atoms with Crippen LogP contribution in [-0.4, -0.2) is 24.2 Å². The van der Waals surface area contributed by atoms with Crippen molar-refractivity contribution in [1.82, 2.24) is 0 Å². The molecule has 18 heavy (non-hydrogen) atoms. The molecule has 1 aliphatic rings. The van der Waals surface area contributed by atoms with Gasteiger partial charge in [0.25, 0.3) is 0 Å². The van der Waals surface area contributed by atoms with Gasteiger partial charge in [0.2, 0.25) is 5.79 Å². The maximum Gasteiger partial charge on any atom is 0.341 e. The lowest BCUT2D eigenvalue weighted by Gasteiger charge is -2.17. The molecule has 0 amide bonds. The summed E-state index contributed by atoms with van der Waals surface area (Å²) in [5, 5.41) is 9.99. The fourth-order valence-corrected chi connectivity index (χ4v) is 2.32. The number of benzene rings is 1. The molecule has 1 N–H and O–H groups in total. The van der Waals surface area contributed by atoms with E-state index in [1.807, 2.05) is 0 Å². The molecule has 2 rings (SSSR count). The maximum atomic E-state index is 11.7. The van der Waals surface area contributed by atoms with Crippen molar-refractivity contribution in [3.8, 4) is 0 Å². The van der Waals surface area contributed by atoms with E-state index in [2.05, 4.69) is 0 Å². The number of aryl methyl sites for hydroxylation is 1. The number of carbonyl (C=O) groups is 2. The summed E-state index contributed by atoms with van der Waals surface area (Å²) < 4.78 is 9.58. The summed E-state index contributed by atoms with van der Waals surface area (Å²) >= 11 is 0. The van der Waals surface area contributed by atoms with Crippen LogP contribution >= 0.6 is 0 Å². The van der Waals surface area contributed by atoms with Crippen molar-refractivity contribution in [3.63, 3.8) is 0 Å². The van der Waals surface area contributed by atoms with Crippen LogP contribution in [0.3, 0.4) is 0 Å². The summed E-state index contributed by atoms with van der Waals surface area (Å²) in [5.41, 5.74) is 2.07. The van der Waals surface area contributed by atoms with Crippen LogP contribution < -0.4 is 0 Å². The second kappa shape index (κ2) is 3.81. The average molecular weight is 250 g/mol. The van der Waals surface area contributed by atoms with Gasteiger partial charge in [-0.05, 0) is 31.0 Å². The highest BCUT2D eigenvalue weighted by molar-refractivity contribution is 6.01. The van der Waals surface area contributed by atoms with Crippen molar-refractivity contribution in [2.75, 3.05) is 7.11 Å². The molecule has 0 saturated carbocycles. The van der Waals surface area contributed by atoms with E-state index in [4.69, 9.17) is 9.47 Å². The lowest BCUT2D eigenvalue weighted by molar-refractivity contribution is -0.147. The lowest BCUT2D eigenvalue weighted by Crippen LogP contribution is -2.20. The Bertz CT molecular complexity index is 557. The Kier molecular flexibility index (Phi) is 2.66. The van der Waals surface area contributed by atoms with Crippen molar-refractivity contribution in [2.45, 2.75) is 26.6 Å². The molecule has 5 nitrogen and oxygen atoms in total. The van der Waals surface area contributed by atoms with E-state index in [1.165, 1.54) is 14.0 Å². The van der Waals surface area contributed by atoms with E-state index in [1.54, 1.807) is 19.9 Å². The number of methoxy groups -OCH3 is 1. The van der Waals surface area contributed by atoms with Crippen LogP contribution in [0.4, 0.5) is 0 Å². The van der Waals surface area contributed by atoms with Crippen LogP contribution in [0.5, 0.6) is 0 Å². The second-order valence-electron chi connectivity index (χ2n) is 4.48. The number of esters is 2. The molecule has 1 atom stereocenters. The Morgan fingerprint density at radius 1 is 1.44 bits per heavy atom. The van der Waals surface area contributed by atoms with E-state index >= 15 is 0 Å². The third kappa shape index (κ3) is 1.59. The summed E-state index contributed by atoms with van der Waals surface area (Å²) in [5.74, 6) is -2.78. The summed E-state index contributed by atoms with van der Waals surface area (Å²) in [6.45, 7) is 4.76. The molecule has 0 bridgehead atoms. The minimum Gasteiger partial charge on any atom is -0.465 e. The third-order valence-corrected chi connectivity index (χ3v) is 3.16. The molecule has 1 heterocycles. The number of cyclic esters (lactones) is 1. The highest BCUT2D eigenvalue weighted by atomic mass is 16.7. The number of rotatable bonds is 1. The highest BCUT2D eigenvalue weighted by Gasteiger charge is 2.42. The fourth-order valence-electron chi connectivity index (χ4n) is 2.32. The van der Waals surface area contributed by atoms with Crippen LogP contribution in [0.2, 0.25) is 0 Å². The lowest BCUT2D eigenvalue weighted by atomic mass is 9.91. The van der Waals surface area contributed by atoms with Crippen molar-refractivity contribution in [1.29, 1.82) is 0 Å². The molecule has 1 aromatic carbocycles. The summed E-state index contributed by atoms with van der Waals surface area (Å²) in [7, 11) is 1.28. The topological polar surface area (TPSA) is 72.8 Å². The van der Waals surface area contributed by atoms with Gasteiger partial charge < -0.3 is 14.6 Å². The van der Waals surface area contributed by atoms with Crippen molar-refractivity contribution in [3.05, 3.63) is 33.9 Å². The van der Waals surface area contributed by atoms with Crippen molar-refractivity contribution in [2.24, 2.45) is 0 Å². The minimum atomic E-state index is -1.64. The van der Waals surface area contributed by atoms with E-state index in [0.717, 1.165) is 0 Å². The van der Waals surface area contributed by atoms with Crippen LogP contribution in [0.15, 0.2) is 6.07 Å². The Labute approximate surface area is 104 Å². The SMILES string of the molecule is COC(=O)c1c(C)cc2c(c1C)C(=O)OC2(C)O. The monoisotopic (exact) mass is 250 g/mol. The molecule has 0 saturated heterocycles. The molecule has 0 spiro atoms. The first-order valence-corrected chi connectivity index (χ1v) is 5.48. The Morgan fingerprint density at radius 3 is 2.61 bits per heavy atom. The standard InChI is InChI=1S/C13H14O5/c1-6-5-8-10(12(15)18-13(8,3)16)7(2)9(6)11(14)17-4/h5,16H,1-4H3. The third-order valence-electron chi connectivity index (χ3n) is 3.16. The van der Waals surface area contributed by atoms with Crippen LogP contribution in [0.25, 0.3) is 0 Å². The smallest absolute Gasteiger partial charge is 0.341 e. The van der Waals surface area contributed by atoms with Crippen LogP contribution in [-0.2, 0) is 15.3 Å². The molecule has 1 aromatic rings. The Balaban J connectivity index is 2.76. The van der Waals surface area contributed by atoms with E-state index in [9.17, 15) is 14.7 Å². The molecule has 0 aliphatic carbocycles. The van der Waals surface area contributed by atoms with E-state index < -0.39 is 17.7 Å². The maximum absolute atomic E-state index is 11.7. The number of fused-ring (bicyclic) bond motifs is 1. The van der Waals surface area contributed by atoms with Gasteiger partial charge in [-0.25, -0.2) is 9.59 Å². The van der Waals surface area contributed by atoms with Gasteiger partial charge in [-0.1, -0.05) is 0 Å². The van der Waals surface area contributed by atoms with Gasteiger partial charge in [0.05, 0.1) is 18.2 Å². The van der Waals surface area contributed by atoms with Gasteiger partial charge in [0, 0.05) is 12.5 Å². The molecular weight excluding hydrogens is 236 g/mol. The molecule has 1 aliphatic heterocycles. The zero-order valence-electron chi connectivity index (χ0n) is 10.7. The Hall–Kier alpha value is -1.88. The first-order chi connectivity index (χ1) is 8.29. The van der Waals surface area contributed by atoms with E-state index in [-0.39, 0.29) is 5.56 Å². The summed E-state index contributed by atoms with van der Waals surface area (Å²) in [6.07, 6.45) is 0. The van der Waals surface area contributed by atoms with Gasteiger partial charge in [-0.3, -0.25) is 0 Å². The quantitative estimate of drug-likeness (QED) is 0.763. The average Bonchev–Trinajstić information content (AvgIpc) is 2.48. The number of aliphatic hydroxyl groups is 1. The van der Waals surface area contributed by atoms with Gasteiger partial charge >= 0.3 is 11.9 Å². The summed E-state index contributed by atoms with van der Waals surface area (Å²) in [4.78, 5) is 23.4. The van der Waals surface area contributed by atoms with E-state index in [0.29, 0.717) is 22.3 Å². The highest BCUT2D eigenvalue weighted by Crippen LogP contribution is 2.38. The fraction of sp³-hybridized carbons (Fsp3) is 0.385. The van der Waals surface area contributed by atoms with Gasteiger partial charge in [0.1, 0.15) is 0 Å². The van der Waals surface area contributed by atoms with Crippen LogP contribution in [0.1, 0.15) is 44.3 Å². The largest absolute Gasteiger partial charge is 0.465 e. The normalized spacial score (nSPS) is 21.5. The molecule has 0 fully saturated rings. The molecule has 0 radical (unpaired) electrons. The molecule has 1 unspecified atom stereocenters. The van der Waals surface area contributed by atoms with Crippen molar-refractivity contribution >= 4 is 11.9 Å². The Morgan fingerprint density at radius 2 is 2.06 bits per heavy atom. The predicted octanol–water partition coefficient (Wildman–Crippen LogP) is 1.43. The second-order valence-corrected chi connectivity index (χ2v) is 4.48. The zero-order chi connectivity index (χ0) is 13.7. The summed E-state index contributed by atoms with van der Waals surface area (Å²) in [6, 6.07) is 1.58. The minimum absolute atomic E-state index is 0.242. The first kappa shape index (κ1) is 12.6. The molecular formula is C13H14O5. The number of carbonyl (C=O) groups excluding carboxylic acids is 2. The molecule has 0 aromatic heterocycles. The number of hydrogen-bond acceptors (Lipinski definition) is 5. The first-order valence-electron chi connectivity index (χ1n) is 5.48. The number of ether oxygens (including phenoxy) is 2. The molecule has 96 valence electrons. The molecule has 5 heteroatoms. The van der Waals surface area contributed by atoms with Gasteiger partial charge in [0.15, 0.2) is 0 Å². The van der Waals surface area contributed by atoms with Gasteiger partial charge in [-0.2, -0.15) is 0 Å². The van der Waals surface area contributed by atoms with Crippen molar-refractivity contribution < 1.29 is 24.2 Å². The van der Waals surface area contributed by atoms with Gasteiger partial charge in [-0.15, -0.1) is 0 Å². The zero-order valence-corrected chi connectivity index (χ0v) is 10.7. The number of hydrogen-bond donors (Lipinski definition) is 1.